The zero-order valence-electron chi connectivity index (χ0n) is 13.0. The van der Waals surface area contributed by atoms with Crippen LogP contribution in [0, 0.1) is 5.92 Å². The maximum Gasteiger partial charge on any atom is 0.326 e. The number of hydrogen-bond donors (Lipinski definition) is 2. The molecule has 0 aliphatic heterocycles. The number of fused-ring (bicyclic) bond motifs is 1. The number of rotatable bonds is 5. The van der Waals surface area contributed by atoms with E-state index in [9.17, 15) is 14.7 Å². The van der Waals surface area contributed by atoms with E-state index in [1.165, 1.54) is 0 Å². The van der Waals surface area contributed by atoms with E-state index >= 15 is 0 Å². The van der Waals surface area contributed by atoms with Gasteiger partial charge in [0.05, 0.1) is 6.42 Å². The van der Waals surface area contributed by atoms with Crippen LogP contribution in [-0.4, -0.2) is 23.0 Å². The van der Waals surface area contributed by atoms with Crippen molar-refractivity contribution in [3.63, 3.8) is 0 Å². The standard InChI is InChI=1S/C18H21NO3S/c20-16(10-13-11-23-15-9-5-4-8-14(13)15)19-17(18(21)22)12-6-2-1-3-7-12/h4-5,8-9,11-12,17H,1-3,6-7,10H2,(H,19,20)(H,21,22). The summed E-state index contributed by atoms with van der Waals surface area (Å²) in [4.78, 5) is 23.9. The molecule has 1 aliphatic rings. The molecule has 122 valence electrons. The molecule has 1 heterocycles. The monoisotopic (exact) mass is 331 g/mol. The van der Waals surface area contributed by atoms with E-state index in [4.69, 9.17) is 0 Å². The predicted octanol–water partition coefficient (Wildman–Crippen LogP) is 3.59. The van der Waals surface area contributed by atoms with E-state index in [1.54, 1.807) is 11.3 Å². The molecule has 1 atom stereocenters. The van der Waals surface area contributed by atoms with Gasteiger partial charge in [-0.2, -0.15) is 0 Å². The summed E-state index contributed by atoms with van der Waals surface area (Å²) >= 11 is 1.61. The summed E-state index contributed by atoms with van der Waals surface area (Å²) in [5, 5.41) is 15.3. The number of carbonyl (C=O) groups is 2. The van der Waals surface area contributed by atoms with Crippen molar-refractivity contribution >= 4 is 33.3 Å². The molecule has 1 unspecified atom stereocenters. The highest BCUT2D eigenvalue weighted by atomic mass is 32.1. The first-order valence-corrected chi connectivity index (χ1v) is 9.00. The van der Waals surface area contributed by atoms with Gasteiger partial charge in [-0.15, -0.1) is 11.3 Å². The highest BCUT2D eigenvalue weighted by Crippen LogP contribution is 2.28. The van der Waals surface area contributed by atoms with Crippen molar-refractivity contribution in [2.24, 2.45) is 5.92 Å². The highest BCUT2D eigenvalue weighted by molar-refractivity contribution is 7.17. The summed E-state index contributed by atoms with van der Waals surface area (Å²) in [6, 6.07) is 7.21. The molecule has 2 aromatic rings. The van der Waals surface area contributed by atoms with E-state index in [0.717, 1.165) is 47.8 Å². The minimum atomic E-state index is -0.916. The molecule has 1 saturated carbocycles. The van der Waals surface area contributed by atoms with Crippen molar-refractivity contribution in [3.05, 3.63) is 35.2 Å². The molecule has 23 heavy (non-hydrogen) atoms. The number of aliphatic carboxylic acids is 1. The van der Waals surface area contributed by atoms with Gasteiger partial charge in [0, 0.05) is 4.70 Å². The molecule has 0 saturated heterocycles. The topological polar surface area (TPSA) is 66.4 Å². The van der Waals surface area contributed by atoms with Crippen LogP contribution in [0.5, 0.6) is 0 Å². The average molecular weight is 331 g/mol. The number of hydrogen-bond acceptors (Lipinski definition) is 3. The van der Waals surface area contributed by atoms with E-state index in [1.807, 2.05) is 29.6 Å². The molecular weight excluding hydrogens is 310 g/mol. The number of nitrogens with one attached hydrogen (secondary N) is 1. The fourth-order valence-corrected chi connectivity index (χ4v) is 4.38. The summed E-state index contributed by atoms with van der Waals surface area (Å²) < 4.78 is 1.15. The number of benzene rings is 1. The van der Waals surface area contributed by atoms with Crippen molar-refractivity contribution in [2.75, 3.05) is 0 Å². The highest BCUT2D eigenvalue weighted by Gasteiger charge is 2.30. The SMILES string of the molecule is O=C(Cc1csc2ccccc12)NC(C(=O)O)C1CCCCC1. The fourth-order valence-electron chi connectivity index (χ4n) is 3.42. The summed E-state index contributed by atoms with van der Waals surface area (Å²) in [5.41, 5.74) is 0.968. The van der Waals surface area contributed by atoms with Gasteiger partial charge < -0.3 is 10.4 Å². The normalized spacial score (nSPS) is 17.0. The van der Waals surface area contributed by atoms with Crippen LogP contribution in [0.15, 0.2) is 29.6 Å². The van der Waals surface area contributed by atoms with Gasteiger partial charge >= 0.3 is 5.97 Å². The Morgan fingerprint density at radius 2 is 1.96 bits per heavy atom. The molecule has 0 spiro atoms. The van der Waals surface area contributed by atoms with Crippen LogP contribution >= 0.6 is 11.3 Å². The van der Waals surface area contributed by atoms with Crippen LogP contribution in [-0.2, 0) is 16.0 Å². The lowest BCUT2D eigenvalue weighted by Gasteiger charge is -2.28. The summed E-state index contributed by atoms with van der Waals surface area (Å²) in [6.07, 6.45) is 5.29. The fraction of sp³-hybridized carbons (Fsp3) is 0.444. The van der Waals surface area contributed by atoms with Crippen LogP contribution in [0.4, 0.5) is 0 Å². The smallest absolute Gasteiger partial charge is 0.326 e. The minimum absolute atomic E-state index is 0.0596. The van der Waals surface area contributed by atoms with Crippen molar-refractivity contribution < 1.29 is 14.7 Å². The van der Waals surface area contributed by atoms with Gasteiger partial charge in [-0.05, 0) is 41.2 Å². The lowest BCUT2D eigenvalue weighted by atomic mass is 9.84. The Labute approximate surface area is 139 Å². The zero-order valence-corrected chi connectivity index (χ0v) is 13.8. The largest absolute Gasteiger partial charge is 0.480 e. The number of carboxylic acid groups (broad SMARTS) is 1. The lowest BCUT2D eigenvalue weighted by molar-refractivity contribution is -0.143. The average Bonchev–Trinajstić information content (AvgIpc) is 2.96. The molecule has 0 bridgehead atoms. The van der Waals surface area contributed by atoms with Gasteiger partial charge in [0.25, 0.3) is 0 Å². The van der Waals surface area contributed by atoms with Crippen molar-refractivity contribution in [1.29, 1.82) is 0 Å². The Balaban J connectivity index is 1.68. The van der Waals surface area contributed by atoms with E-state index in [-0.39, 0.29) is 18.2 Å². The molecule has 2 N–H and O–H groups in total. The van der Waals surface area contributed by atoms with Crippen LogP contribution in [0.25, 0.3) is 10.1 Å². The second-order valence-corrected chi connectivity index (χ2v) is 7.13. The van der Waals surface area contributed by atoms with Crippen LogP contribution < -0.4 is 5.32 Å². The maximum absolute atomic E-state index is 12.3. The van der Waals surface area contributed by atoms with Crippen LogP contribution in [0.3, 0.4) is 0 Å². The molecule has 1 fully saturated rings. The molecule has 5 heteroatoms. The second-order valence-electron chi connectivity index (χ2n) is 6.22. The number of carboxylic acids is 1. The first-order chi connectivity index (χ1) is 11.1. The second kappa shape index (κ2) is 7.13. The van der Waals surface area contributed by atoms with Crippen LogP contribution in [0.1, 0.15) is 37.7 Å². The summed E-state index contributed by atoms with van der Waals surface area (Å²) in [6.45, 7) is 0. The zero-order chi connectivity index (χ0) is 16.2. The molecule has 1 aromatic carbocycles. The predicted molar refractivity (Wildman–Crippen MR) is 91.7 cm³/mol. The van der Waals surface area contributed by atoms with Crippen molar-refractivity contribution in [1.82, 2.24) is 5.32 Å². The number of amides is 1. The Morgan fingerprint density at radius 3 is 2.70 bits per heavy atom. The third kappa shape index (κ3) is 3.72. The molecular formula is C18H21NO3S. The van der Waals surface area contributed by atoms with Gasteiger partial charge in [0.2, 0.25) is 5.91 Å². The maximum atomic E-state index is 12.3. The van der Waals surface area contributed by atoms with E-state index in [0.29, 0.717) is 0 Å². The number of thiophene rings is 1. The third-order valence-corrected chi connectivity index (χ3v) is 5.63. The Morgan fingerprint density at radius 1 is 1.22 bits per heavy atom. The summed E-state index contributed by atoms with van der Waals surface area (Å²) in [7, 11) is 0. The van der Waals surface area contributed by atoms with Gasteiger partial charge in [-0.3, -0.25) is 4.79 Å². The van der Waals surface area contributed by atoms with Crippen molar-refractivity contribution in [2.45, 2.75) is 44.6 Å². The number of carbonyl (C=O) groups excluding carboxylic acids is 1. The third-order valence-electron chi connectivity index (χ3n) is 4.62. The first-order valence-electron chi connectivity index (χ1n) is 8.12. The molecule has 4 nitrogen and oxygen atoms in total. The van der Waals surface area contributed by atoms with E-state index < -0.39 is 12.0 Å². The van der Waals surface area contributed by atoms with Crippen molar-refractivity contribution in [3.8, 4) is 0 Å². The lowest BCUT2D eigenvalue weighted by Crippen LogP contribution is -2.47. The quantitative estimate of drug-likeness (QED) is 0.880. The van der Waals surface area contributed by atoms with Gasteiger partial charge in [-0.25, -0.2) is 4.79 Å². The Hall–Kier alpha value is -1.88. The Kier molecular flexibility index (Phi) is 4.96. The summed E-state index contributed by atoms with van der Waals surface area (Å²) in [5.74, 6) is -1.06. The van der Waals surface area contributed by atoms with Gasteiger partial charge in [-0.1, -0.05) is 37.5 Å². The molecule has 1 amide bonds. The molecule has 3 rings (SSSR count). The minimum Gasteiger partial charge on any atom is -0.480 e. The van der Waals surface area contributed by atoms with Crippen LogP contribution in [0.2, 0.25) is 0 Å². The Bertz CT molecular complexity index is 703. The first kappa shape index (κ1) is 16.0. The molecule has 1 aromatic heterocycles. The van der Waals surface area contributed by atoms with Gasteiger partial charge in [0.1, 0.15) is 6.04 Å². The van der Waals surface area contributed by atoms with Gasteiger partial charge in [0.15, 0.2) is 0 Å². The molecule has 1 aliphatic carbocycles. The van der Waals surface area contributed by atoms with E-state index in [2.05, 4.69) is 5.32 Å². The molecule has 0 radical (unpaired) electrons.